The zero-order valence-corrected chi connectivity index (χ0v) is 11.7. The minimum absolute atomic E-state index is 0.581. The number of rotatable bonds is 3. The Morgan fingerprint density at radius 1 is 1.39 bits per heavy atom. The van der Waals surface area contributed by atoms with Crippen molar-refractivity contribution in [2.75, 3.05) is 6.54 Å². The normalized spacial score (nSPS) is 19.3. The van der Waals surface area contributed by atoms with E-state index in [2.05, 4.69) is 50.7 Å². The molecule has 4 heteroatoms. The maximum absolute atomic E-state index is 4.45. The highest BCUT2D eigenvalue weighted by molar-refractivity contribution is 9.10. The summed E-state index contributed by atoms with van der Waals surface area (Å²) in [5.41, 5.74) is 2.36. The summed E-state index contributed by atoms with van der Waals surface area (Å²) >= 11 is 3.58. The lowest BCUT2D eigenvalue weighted by Crippen LogP contribution is -2.26. The molecule has 94 valence electrons. The van der Waals surface area contributed by atoms with Gasteiger partial charge in [0.05, 0.1) is 12.7 Å². The van der Waals surface area contributed by atoms with Crippen molar-refractivity contribution in [3.63, 3.8) is 0 Å². The molecule has 0 bridgehead atoms. The van der Waals surface area contributed by atoms with Crippen LogP contribution in [-0.2, 0) is 6.54 Å². The molecule has 3 nitrogen and oxygen atoms in total. The molecular weight excluding hydrogens is 290 g/mol. The number of nitrogens with zero attached hydrogens (tertiary/aromatic N) is 2. The first-order valence-electron chi connectivity index (χ1n) is 6.34. The molecule has 1 aromatic heterocycles. The van der Waals surface area contributed by atoms with Crippen LogP contribution in [0.1, 0.15) is 12.8 Å². The van der Waals surface area contributed by atoms with Crippen molar-refractivity contribution in [1.29, 1.82) is 0 Å². The smallest absolute Gasteiger partial charge is 0.0568 e. The quantitative estimate of drug-likeness (QED) is 0.944. The van der Waals surface area contributed by atoms with Gasteiger partial charge < -0.3 is 5.32 Å². The van der Waals surface area contributed by atoms with Gasteiger partial charge in [0.1, 0.15) is 0 Å². The molecule has 1 fully saturated rings. The van der Waals surface area contributed by atoms with E-state index in [1.165, 1.54) is 24.0 Å². The molecule has 1 aliphatic rings. The van der Waals surface area contributed by atoms with Crippen LogP contribution >= 0.6 is 15.9 Å². The summed E-state index contributed by atoms with van der Waals surface area (Å²) in [5.74, 6) is 0. The molecular formula is C14H16BrN3. The number of hydrogen-bond donors (Lipinski definition) is 1. The highest BCUT2D eigenvalue weighted by atomic mass is 79.9. The van der Waals surface area contributed by atoms with Crippen molar-refractivity contribution < 1.29 is 0 Å². The van der Waals surface area contributed by atoms with E-state index in [9.17, 15) is 0 Å². The zero-order chi connectivity index (χ0) is 12.4. The topological polar surface area (TPSA) is 29.9 Å². The van der Waals surface area contributed by atoms with Gasteiger partial charge in [0.15, 0.2) is 0 Å². The fraction of sp³-hybridized carbons (Fsp3) is 0.357. The lowest BCUT2D eigenvalue weighted by Gasteiger charge is -2.09. The molecule has 0 amide bonds. The van der Waals surface area contributed by atoms with E-state index < -0.39 is 0 Å². The summed E-state index contributed by atoms with van der Waals surface area (Å²) in [6, 6.07) is 8.83. The van der Waals surface area contributed by atoms with Gasteiger partial charge in [-0.05, 0) is 31.0 Å². The van der Waals surface area contributed by atoms with Crippen LogP contribution in [0, 0.1) is 0 Å². The average molecular weight is 306 g/mol. The van der Waals surface area contributed by atoms with E-state index in [1.54, 1.807) is 0 Å². The lowest BCUT2D eigenvalue weighted by atomic mass is 10.1. The van der Waals surface area contributed by atoms with Crippen LogP contribution in [0.25, 0.3) is 11.1 Å². The molecule has 0 radical (unpaired) electrons. The molecule has 0 spiro atoms. The van der Waals surface area contributed by atoms with Crippen LogP contribution in [-0.4, -0.2) is 22.4 Å². The molecule has 0 aliphatic carbocycles. The van der Waals surface area contributed by atoms with Crippen LogP contribution < -0.4 is 5.32 Å². The number of hydrogen-bond acceptors (Lipinski definition) is 2. The van der Waals surface area contributed by atoms with Crippen LogP contribution in [0.15, 0.2) is 41.1 Å². The van der Waals surface area contributed by atoms with E-state index >= 15 is 0 Å². The first-order valence-corrected chi connectivity index (χ1v) is 7.13. The number of nitrogens with one attached hydrogen (secondary N) is 1. The summed E-state index contributed by atoms with van der Waals surface area (Å²) in [5, 5.41) is 7.95. The Balaban J connectivity index is 1.79. The summed E-state index contributed by atoms with van der Waals surface area (Å²) in [4.78, 5) is 0. The third kappa shape index (κ3) is 2.49. The van der Waals surface area contributed by atoms with Gasteiger partial charge in [-0.25, -0.2) is 0 Å². The Hall–Kier alpha value is -1.13. The second-order valence-corrected chi connectivity index (χ2v) is 5.58. The molecule has 2 aromatic rings. The van der Waals surface area contributed by atoms with E-state index in [0.717, 1.165) is 17.6 Å². The minimum Gasteiger partial charge on any atom is -0.312 e. The molecule has 18 heavy (non-hydrogen) atoms. The number of halogens is 1. The standard InChI is InChI=1S/C14H16BrN3/c15-14-6-2-1-5-13(14)11-8-17-18(9-11)10-12-4-3-7-16-12/h1-2,5-6,8-9,12,16H,3-4,7,10H2. The lowest BCUT2D eigenvalue weighted by molar-refractivity contribution is 0.476. The third-order valence-corrected chi connectivity index (χ3v) is 4.08. The fourth-order valence-electron chi connectivity index (χ4n) is 2.44. The first kappa shape index (κ1) is 11.9. The second kappa shape index (κ2) is 5.24. The Morgan fingerprint density at radius 3 is 3.06 bits per heavy atom. The van der Waals surface area contributed by atoms with E-state index in [1.807, 2.05) is 16.9 Å². The predicted molar refractivity (Wildman–Crippen MR) is 76.4 cm³/mol. The Kier molecular flexibility index (Phi) is 3.48. The largest absolute Gasteiger partial charge is 0.312 e. The summed E-state index contributed by atoms with van der Waals surface area (Å²) < 4.78 is 3.15. The van der Waals surface area contributed by atoms with Crippen LogP contribution in [0.5, 0.6) is 0 Å². The molecule has 0 saturated carbocycles. The first-order chi connectivity index (χ1) is 8.83. The number of benzene rings is 1. The SMILES string of the molecule is Brc1ccccc1-c1cnn(CC2CCCN2)c1. The molecule has 1 saturated heterocycles. The van der Waals surface area contributed by atoms with Gasteiger partial charge in [0.25, 0.3) is 0 Å². The van der Waals surface area contributed by atoms with Gasteiger partial charge in [-0.1, -0.05) is 34.1 Å². The maximum Gasteiger partial charge on any atom is 0.0568 e. The van der Waals surface area contributed by atoms with Crippen molar-refractivity contribution >= 4 is 15.9 Å². The van der Waals surface area contributed by atoms with Gasteiger partial charge in [-0.15, -0.1) is 0 Å². The summed E-state index contributed by atoms with van der Waals surface area (Å²) in [6.45, 7) is 2.10. The maximum atomic E-state index is 4.45. The molecule has 1 unspecified atom stereocenters. The Labute approximate surface area is 115 Å². The van der Waals surface area contributed by atoms with Crippen molar-refractivity contribution in [3.05, 3.63) is 41.1 Å². The van der Waals surface area contributed by atoms with Gasteiger partial charge in [0, 0.05) is 22.3 Å². The average Bonchev–Trinajstić information content (AvgIpc) is 3.02. The minimum atomic E-state index is 0.581. The Morgan fingerprint density at radius 2 is 2.28 bits per heavy atom. The Bertz CT molecular complexity index is 529. The molecule has 1 atom stereocenters. The molecule has 1 aliphatic heterocycles. The van der Waals surface area contributed by atoms with Crippen molar-refractivity contribution in [2.45, 2.75) is 25.4 Å². The van der Waals surface area contributed by atoms with Crippen LogP contribution in [0.4, 0.5) is 0 Å². The monoisotopic (exact) mass is 305 g/mol. The molecule has 1 aromatic carbocycles. The predicted octanol–water partition coefficient (Wildman–Crippen LogP) is 3.06. The van der Waals surface area contributed by atoms with Gasteiger partial charge in [-0.3, -0.25) is 4.68 Å². The van der Waals surface area contributed by atoms with E-state index in [0.29, 0.717) is 6.04 Å². The fourth-order valence-corrected chi connectivity index (χ4v) is 2.95. The van der Waals surface area contributed by atoms with Crippen molar-refractivity contribution in [1.82, 2.24) is 15.1 Å². The molecule has 3 rings (SSSR count). The third-order valence-electron chi connectivity index (χ3n) is 3.39. The number of aromatic nitrogens is 2. The van der Waals surface area contributed by atoms with Crippen molar-refractivity contribution in [3.8, 4) is 11.1 Å². The second-order valence-electron chi connectivity index (χ2n) is 4.72. The summed E-state index contributed by atoms with van der Waals surface area (Å²) in [6.07, 6.45) is 6.60. The molecule has 1 N–H and O–H groups in total. The van der Waals surface area contributed by atoms with E-state index in [4.69, 9.17) is 0 Å². The van der Waals surface area contributed by atoms with Crippen LogP contribution in [0.3, 0.4) is 0 Å². The van der Waals surface area contributed by atoms with Gasteiger partial charge >= 0.3 is 0 Å². The highest BCUT2D eigenvalue weighted by Gasteiger charge is 2.15. The van der Waals surface area contributed by atoms with Crippen LogP contribution in [0.2, 0.25) is 0 Å². The summed E-state index contributed by atoms with van der Waals surface area (Å²) in [7, 11) is 0. The zero-order valence-electron chi connectivity index (χ0n) is 10.1. The van der Waals surface area contributed by atoms with E-state index in [-0.39, 0.29) is 0 Å². The molecule has 2 heterocycles. The van der Waals surface area contributed by atoms with Gasteiger partial charge in [-0.2, -0.15) is 5.10 Å². The highest BCUT2D eigenvalue weighted by Crippen LogP contribution is 2.27. The van der Waals surface area contributed by atoms with Crippen molar-refractivity contribution in [2.24, 2.45) is 0 Å². The van der Waals surface area contributed by atoms with Gasteiger partial charge in [0.2, 0.25) is 0 Å².